The van der Waals surface area contributed by atoms with Crippen molar-refractivity contribution >= 4 is 27.6 Å². The molecule has 7 nitrogen and oxygen atoms in total. The average molecular weight is 353 g/mol. The van der Waals surface area contributed by atoms with Gasteiger partial charge in [-0.1, -0.05) is 17.0 Å². The second-order valence-electron chi connectivity index (χ2n) is 4.74. The first-order valence-electron chi connectivity index (χ1n) is 6.43. The van der Waals surface area contributed by atoms with Gasteiger partial charge in [0.25, 0.3) is 10.1 Å². The highest BCUT2D eigenvalue weighted by molar-refractivity contribution is 7.99. The third kappa shape index (κ3) is 4.95. The number of benzene rings is 2. The third-order valence-electron chi connectivity index (χ3n) is 2.62. The number of rotatable bonds is 5. The maximum atomic E-state index is 11.2. The molecule has 23 heavy (non-hydrogen) atoms. The maximum absolute atomic E-state index is 11.2. The topological polar surface area (TPSA) is 103 Å². The lowest BCUT2D eigenvalue weighted by atomic mass is 10.3. The number of phenols is 1. The van der Waals surface area contributed by atoms with Gasteiger partial charge in [0, 0.05) is 23.9 Å². The molecule has 2 rings (SSSR count). The van der Waals surface area contributed by atoms with Gasteiger partial charge in [-0.2, -0.15) is 8.42 Å². The van der Waals surface area contributed by atoms with Gasteiger partial charge in [-0.05, 0) is 42.5 Å². The Morgan fingerprint density at radius 3 is 2.22 bits per heavy atom. The van der Waals surface area contributed by atoms with E-state index in [0.29, 0.717) is 10.6 Å². The zero-order valence-electron chi connectivity index (χ0n) is 12.4. The highest BCUT2D eigenvalue weighted by Crippen LogP contribution is 2.33. The molecule has 0 bridgehead atoms. The summed E-state index contributed by atoms with van der Waals surface area (Å²) in [6, 6.07) is 11.2. The largest absolute Gasteiger partial charge is 0.506 e. The monoisotopic (exact) mass is 353 g/mol. The number of phenolic OH excluding ortho intramolecular Hbond substituents is 1. The summed E-state index contributed by atoms with van der Waals surface area (Å²) in [6.45, 7) is 0. The molecular formula is C14H15N3O4S2. The predicted octanol–water partition coefficient (Wildman–Crippen LogP) is 3.35. The minimum atomic E-state index is -4.47. The molecular weight excluding hydrogens is 338 g/mol. The molecule has 122 valence electrons. The smallest absolute Gasteiger partial charge is 0.298 e. The minimum absolute atomic E-state index is 0.490. The second kappa shape index (κ2) is 6.99. The average Bonchev–Trinajstić information content (AvgIpc) is 2.47. The van der Waals surface area contributed by atoms with E-state index < -0.39 is 20.8 Å². The standard InChI is InChI=1S/C14H15N3O4S2/c1-17(2)16-15-10-3-5-11(6-4-10)22-12-7-8-13(18)14(9-12)23(19,20)21/h3-9,18H,1-2H3,(H,19,20,21)/b16-15+. The molecule has 2 aromatic carbocycles. The van der Waals surface area contributed by atoms with Crippen LogP contribution in [0.4, 0.5) is 5.69 Å². The van der Waals surface area contributed by atoms with E-state index >= 15 is 0 Å². The molecule has 0 amide bonds. The Balaban J connectivity index is 2.20. The molecule has 9 heteroatoms. The summed E-state index contributed by atoms with van der Waals surface area (Å²) in [5.41, 5.74) is 0.687. The van der Waals surface area contributed by atoms with Gasteiger partial charge in [-0.15, -0.1) is 5.11 Å². The summed E-state index contributed by atoms with van der Waals surface area (Å²) in [6.07, 6.45) is 0. The highest BCUT2D eigenvalue weighted by Gasteiger charge is 2.16. The van der Waals surface area contributed by atoms with Crippen LogP contribution in [-0.4, -0.2) is 37.2 Å². The third-order valence-corrected chi connectivity index (χ3v) is 4.50. The molecule has 0 atom stereocenters. The SMILES string of the molecule is CN(C)/N=N/c1ccc(Sc2ccc(O)c(S(=O)(=O)O)c2)cc1. The van der Waals surface area contributed by atoms with Crippen LogP contribution in [0.5, 0.6) is 5.75 Å². The lowest BCUT2D eigenvalue weighted by Crippen LogP contribution is -1.98. The van der Waals surface area contributed by atoms with Gasteiger partial charge in [-0.3, -0.25) is 9.56 Å². The van der Waals surface area contributed by atoms with E-state index in [0.717, 1.165) is 4.90 Å². The van der Waals surface area contributed by atoms with Crippen molar-refractivity contribution in [2.45, 2.75) is 14.7 Å². The summed E-state index contributed by atoms with van der Waals surface area (Å²) >= 11 is 1.29. The number of aromatic hydroxyl groups is 1. The predicted molar refractivity (Wildman–Crippen MR) is 86.7 cm³/mol. The first-order valence-corrected chi connectivity index (χ1v) is 8.69. The Labute approximate surface area is 138 Å². The quantitative estimate of drug-likeness (QED) is 0.485. The van der Waals surface area contributed by atoms with Crippen LogP contribution in [0.1, 0.15) is 0 Å². The fraction of sp³-hybridized carbons (Fsp3) is 0.143. The fourth-order valence-corrected chi connectivity index (χ4v) is 3.16. The van der Waals surface area contributed by atoms with Crippen LogP contribution < -0.4 is 0 Å². The van der Waals surface area contributed by atoms with Crippen LogP contribution in [0.3, 0.4) is 0 Å². The molecule has 0 aliphatic carbocycles. The lowest BCUT2D eigenvalue weighted by Gasteiger charge is -2.06. The first kappa shape index (κ1) is 17.3. The van der Waals surface area contributed by atoms with Crippen molar-refractivity contribution in [3.63, 3.8) is 0 Å². The van der Waals surface area contributed by atoms with E-state index in [1.165, 1.54) is 23.9 Å². The Morgan fingerprint density at radius 1 is 1.04 bits per heavy atom. The summed E-state index contributed by atoms with van der Waals surface area (Å²) in [5.74, 6) is -0.490. The molecule has 0 radical (unpaired) electrons. The van der Waals surface area contributed by atoms with E-state index in [2.05, 4.69) is 10.3 Å². The van der Waals surface area contributed by atoms with E-state index in [4.69, 9.17) is 4.55 Å². The van der Waals surface area contributed by atoms with Gasteiger partial charge in [0.15, 0.2) is 0 Å². The van der Waals surface area contributed by atoms with Gasteiger partial charge < -0.3 is 5.11 Å². The molecule has 0 aromatic heterocycles. The second-order valence-corrected chi connectivity index (χ2v) is 7.27. The molecule has 0 saturated heterocycles. The normalized spacial score (nSPS) is 11.8. The van der Waals surface area contributed by atoms with Crippen molar-refractivity contribution in [1.82, 2.24) is 5.01 Å². The van der Waals surface area contributed by atoms with Crippen molar-refractivity contribution in [3.8, 4) is 5.75 Å². The van der Waals surface area contributed by atoms with Crippen molar-refractivity contribution in [2.24, 2.45) is 10.3 Å². The molecule has 0 aliphatic heterocycles. The van der Waals surface area contributed by atoms with Gasteiger partial charge in [0.1, 0.15) is 10.6 Å². The molecule has 0 spiro atoms. The van der Waals surface area contributed by atoms with Crippen LogP contribution in [0.25, 0.3) is 0 Å². The van der Waals surface area contributed by atoms with Crippen molar-refractivity contribution < 1.29 is 18.1 Å². The van der Waals surface area contributed by atoms with Crippen LogP contribution in [0.15, 0.2) is 67.5 Å². The number of hydrogen-bond acceptors (Lipinski definition) is 6. The van der Waals surface area contributed by atoms with E-state index in [1.807, 2.05) is 12.1 Å². The maximum Gasteiger partial charge on any atom is 0.298 e. The molecule has 0 fully saturated rings. The van der Waals surface area contributed by atoms with Crippen molar-refractivity contribution in [1.29, 1.82) is 0 Å². The molecule has 0 unspecified atom stereocenters. The molecule has 2 N–H and O–H groups in total. The lowest BCUT2D eigenvalue weighted by molar-refractivity contribution is 0.408. The Kier molecular flexibility index (Phi) is 5.24. The summed E-state index contributed by atoms with van der Waals surface area (Å²) in [4.78, 5) is 0.901. The fourth-order valence-electron chi connectivity index (χ4n) is 1.62. The number of hydrogen-bond donors (Lipinski definition) is 2. The highest BCUT2D eigenvalue weighted by atomic mass is 32.2. The van der Waals surface area contributed by atoms with Crippen LogP contribution in [-0.2, 0) is 10.1 Å². The van der Waals surface area contributed by atoms with E-state index in [-0.39, 0.29) is 0 Å². The summed E-state index contributed by atoms with van der Waals surface area (Å²) in [5, 5.41) is 19.0. The van der Waals surface area contributed by atoms with Gasteiger partial charge in [0.05, 0.1) is 5.69 Å². The van der Waals surface area contributed by atoms with Crippen LogP contribution in [0.2, 0.25) is 0 Å². The van der Waals surface area contributed by atoms with Gasteiger partial charge in [0.2, 0.25) is 0 Å². The Morgan fingerprint density at radius 2 is 1.65 bits per heavy atom. The summed E-state index contributed by atoms with van der Waals surface area (Å²) in [7, 11) is -0.928. The zero-order chi connectivity index (χ0) is 17.0. The number of nitrogens with zero attached hydrogens (tertiary/aromatic N) is 3. The molecule has 0 heterocycles. The Hall–Kier alpha value is -2.10. The Bertz CT molecular complexity index is 818. The zero-order valence-corrected chi connectivity index (χ0v) is 14.0. The van der Waals surface area contributed by atoms with Crippen molar-refractivity contribution in [3.05, 3.63) is 42.5 Å². The first-order chi connectivity index (χ1) is 10.8. The molecule has 0 aliphatic rings. The minimum Gasteiger partial charge on any atom is -0.506 e. The van der Waals surface area contributed by atoms with Crippen LogP contribution in [0, 0.1) is 0 Å². The van der Waals surface area contributed by atoms with E-state index in [9.17, 15) is 13.5 Å². The molecule has 0 saturated carbocycles. The van der Waals surface area contributed by atoms with Crippen molar-refractivity contribution in [2.75, 3.05) is 14.1 Å². The van der Waals surface area contributed by atoms with Gasteiger partial charge in [-0.25, -0.2) is 0 Å². The van der Waals surface area contributed by atoms with Crippen LogP contribution >= 0.6 is 11.8 Å². The van der Waals surface area contributed by atoms with Gasteiger partial charge >= 0.3 is 0 Å². The molecule has 2 aromatic rings. The van der Waals surface area contributed by atoms with E-state index in [1.54, 1.807) is 37.3 Å². The summed E-state index contributed by atoms with van der Waals surface area (Å²) < 4.78 is 31.5.